The molecule has 0 spiro atoms. The van der Waals surface area contributed by atoms with Crippen LogP contribution in [0.25, 0.3) is 0 Å². The number of nitrogens with zero attached hydrogens (tertiary/aromatic N) is 2. The summed E-state index contributed by atoms with van der Waals surface area (Å²) in [6.07, 6.45) is 0.682. The minimum absolute atomic E-state index is 0.0521. The van der Waals surface area contributed by atoms with Gasteiger partial charge in [-0.05, 0) is 17.5 Å². The Labute approximate surface area is 128 Å². The van der Waals surface area contributed by atoms with Gasteiger partial charge in [0.1, 0.15) is 5.82 Å². The third-order valence-corrected chi connectivity index (χ3v) is 3.77. The third kappa shape index (κ3) is 4.02. The molecule has 1 unspecified atom stereocenters. The lowest BCUT2D eigenvalue weighted by molar-refractivity contribution is 0.285. The van der Waals surface area contributed by atoms with Gasteiger partial charge in [0.2, 0.25) is 5.89 Å². The van der Waals surface area contributed by atoms with Crippen molar-refractivity contribution in [1.29, 1.82) is 0 Å². The van der Waals surface area contributed by atoms with Crippen LogP contribution in [0.15, 0.2) is 22.7 Å². The zero-order valence-corrected chi connectivity index (χ0v) is 13.1. The highest BCUT2D eigenvalue weighted by atomic mass is 35.5. The second-order valence-electron chi connectivity index (χ2n) is 6.16. The third-order valence-electron chi connectivity index (χ3n) is 3.41. The summed E-state index contributed by atoms with van der Waals surface area (Å²) < 4.78 is 18.9. The molecule has 0 aliphatic heterocycles. The average Bonchev–Trinajstić information content (AvgIpc) is 2.80. The van der Waals surface area contributed by atoms with Crippen LogP contribution in [-0.4, -0.2) is 16.2 Å². The fourth-order valence-electron chi connectivity index (χ4n) is 1.80. The fourth-order valence-corrected chi connectivity index (χ4v) is 2.03. The van der Waals surface area contributed by atoms with E-state index in [4.69, 9.17) is 21.9 Å². The van der Waals surface area contributed by atoms with Crippen LogP contribution in [0.3, 0.4) is 0 Å². The highest BCUT2D eigenvalue weighted by molar-refractivity contribution is 6.31. The molecule has 0 bridgehead atoms. The van der Waals surface area contributed by atoms with E-state index in [-0.39, 0.29) is 23.7 Å². The molecule has 0 saturated heterocycles. The van der Waals surface area contributed by atoms with Crippen LogP contribution in [0.4, 0.5) is 4.39 Å². The van der Waals surface area contributed by atoms with Gasteiger partial charge in [-0.3, -0.25) is 0 Å². The molecule has 2 rings (SSSR count). The van der Waals surface area contributed by atoms with Crippen molar-refractivity contribution >= 4 is 11.6 Å². The molecule has 1 heterocycles. The SMILES string of the molecule is CC(C)(C)C(N)Cc1nc(Cc2c(F)cccc2Cl)no1. The molecule has 1 aromatic carbocycles. The molecule has 1 aromatic heterocycles. The highest BCUT2D eigenvalue weighted by Gasteiger charge is 2.23. The van der Waals surface area contributed by atoms with E-state index in [1.165, 1.54) is 6.07 Å². The van der Waals surface area contributed by atoms with Crippen LogP contribution in [0, 0.1) is 11.2 Å². The van der Waals surface area contributed by atoms with Crippen molar-refractivity contribution in [2.75, 3.05) is 0 Å². The summed E-state index contributed by atoms with van der Waals surface area (Å²) in [6.45, 7) is 6.15. The molecule has 0 fully saturated rings. The van der Waals surface area contributed by atoms with Crippen molar-refractivity contribution < 1.29 is 8.91 Å². The van der Waals surface area contributed by atoms with Crippen molar-refractivity contribution in [1.82, 2.24) is 10.1 Å². The van der Waals surface area contributed by atoms with Gasteiger partial charge in [-0.2, -0.15) is 4.98 Å². The van der Waals surface area contributed by atoms with Gasteiger partial charge >= 0.3 is 0 Å². The zero-order valence-electron chi connectivity index (χ0n) is 12.4. The molecule has 0 amide bonds. The molecule has 114 valence electrons. The van der Waals surface area contributed by atoms with Gasteiger partial charge in [-0.1, -0.05) is 43.6 Å². The molecule has 0 aliphatic carbocycles. The zero-order chi connectivity index (χ0) is 15.6. The van der Waals surface area contributed by atoms with E-state index in [2.05, 4.69) is 10.1 Å². The van der Waals surface area contributed by atoms with Gasteiger partial charge < -0.3 is 10.3 Å². The van der Waals surface area contributed by atoms with E-state index < -0.39 is 0 Å². The quantitative estimate of drug-likeness (QED) is 0.940. The standard InChI is InChI=1S/C15H19ClFN3O/c1-15(2,3)12(18)8-14-19-13(20-21-14)7-9-10(16)5-4-6-11(9)17/h4-6,12H,7-8,18H2,1-3H3. The highest BCUT2D eigenvalue weighted by Crippen LogP contribution is 2.23. The van der Waals surface area contributed by atoms with E-state index in [9.17, 15) is 4.39 Å². The second-order valence-corrected chi connectivity index (χ2v) is 6.57. The van der Waals surface area contributed by atoms with Crippen molar-refractivity contribution in [3.63, 3.8) is 0 Å². The Bertz CT molecular complexity index is 601. The lowest BCUT2D eigenvalue weighted by atomic mass is 9.85. The van der Waals surface area contributed by atoms with Gasteiger partial charge in [0, 0.05) is 29.5 Å². The predicted molar refractivity (Wildman–Crippen MR) is 79.6 cm³/mol. The summed E-state index contributed by atoms with van der Waals surface area (Å²) in [6, 6.07) is 4.46. The molecule has 0 radical (unpaired) electrons. The van der Waals surface area contributed by atoms with E-state index in [1.807, 2.05) is 20.8 Å². The first kappa shape index (κ1) is 15.9. The van der Waals surface area contributed by atoms with Crippen LogP contribution < -0.4 is 5.73 Å². The van der Waals surface area contributed by atoms with Crippen LogP contribution in [-0.2, 0) is 12.8 Å². The summed E-state index contributed by atoms with van der Waals surface area (Å²) in [5.74, 6) is 0.484. The summed E-state index contributed by atoms with van der Waals surface area (Å²) in [7, 11) is 0. The maximum atomic E-state index is 13.7. The molecule has 2 N–H and O–H groups in total. The number of benzene rings is 1. The summed E-state index contributed by atoms with van der Waals surface area (Å²) in [4.78, 5) is 4.26. The largest absolute Gasteiger partial charge is 0.339 e. The number of aromatic nitrogens is 2. The Morgan fingerprint density at radius 1 is 1.38 bits per heavy atom. The maximum Gasteiger partial charge on any atom is 0.228 e. The van der Waals surface area contributed by atoms with Crippen molar-refractivity contribution in [2.45, 2.75) is 39.7 Å². The van der Waals surface area contributed by atoms with Crippen LogP contribution in [0.2, 0.25) is 5.02 Å². The summed E-state index contributed by atoms with van der Waals surface area (Å²) in [5, 5.41) is 4.22. The smallest absolute Gasteiger partial charge is 0.228 e. The first-order valence-electron chi connectivity index (χ1n) is 6.77. The van der Waals surface area contributed by atoms with Crippen LogP contribution >= 0.6 is 11.6 Å². The van der Waals surface area contributed by atoms with Gasteiger partial charge in [-0.15, -0.1) is 0 Å². The van der Waals surface area contributed by atoms with E-state index in [0.717, 1.165) is 0 Å². The topological polar surface area (TPSA) is 64.9 Å². The second kappa shape index (κ2) is 6.12. The monoisotopic (exact) mass is 311 g/mol. The summed E-state index contributed by atoms with van der Waals surface area (Å²) in [5.41, 5.74) is 6.40. The fraction of sp³-hybridized carbons (Fsp3) is 0.467. The Morgan fingerprint density at radius 2 is 2.10 bits per heavy atom. The lowest BCUT2D eigenvalue weighted by Gasteiger charge is -2.25. The number of hydrogen-bond donors (Lipinski definition) is 1. The molecular weight excluding hydrogens is 293 g/mol. The van der Waals surface area contributed by atoms with Crippen LogP contribution in [0.1, 0.15) is 38.0 Å². The Kier molecular flexibility index (Phi) is 4.64. The first-order valence-corrected chi connectivity index (χ1v) is 7.15. The van der Waals surface area contributed by atoms with Gasteiger partial charge in [0.25, 0.3) is 0 Å². The minimum Gasteiger partial charge on any atom is -0.339 e. The lowest BCUT2D eigenvalue weighted by Crippen LogP contribution is -2.37. The maximum absolute atomic E-state index is 13.7. The number of rotatable bonds is 4. The van der Waals surface area contributed by atoms with E-state index >= 15 is 0 Å². The van der Waals surface area contributed by atoms with Crippen molar-refractivity contribution in [2.24, 2.45) is 11.1 Å². The first-order chi connectivity index (χ1) is 9.77. The molecule has 21 heavy (non-hydrogen) atoms. The van der Waals surface area contributed by atoms with Gasteiger partial charge in [0.15, 0.2) is 5.82 Å². The number of nitrogens with two attached hydrogens (primary N) is 1. The Balaban J connectivity index is 2.11. The van der Waals surface area contributed by atoms with Crippen molar-refractivity contribution in [3.05, 3.63) is 46.3 Å². The van der Waals surface area contributed by atoms with Crippen molar-refractivity contribution in [3.8, 4) is 0 Å². The number of hydrogen-bond acceptors (Lipinski definition) is 4. The average molecular weight is 312 g/mol. The number of halogens is 2. The normalized spacial score (nSPS) is 13.4. The minimum atomic E-state index is -0.375. The molecule has 0 saturated carbocycles. The van der Waals surface area contributed by atoms with E-state index in [0.29, 0.717) is 28.7 Å². The molecule has 4 nitrogen and oxygen atoms in total. The molecule has 0 aliphatic rings. The Morgan fingerprint density at radius 3 is 2.71 bits per heavy atom. The predicted octanol–water partition coefficient (Wildman–Crippen LogP) is 3.37. The van der Waals surface area contributed by atoms with Crippen LogP contribution in [0.5, 0.6) is 0 Å². The molecule has 1 atom stereocenters. The van der Waals surface area contributed by atoms with Gasteiger partial charge in [0.05, 0.1) is 0 Å². The molecule has 2 aromatic rings. The summed E-state index contributed by atoms with van der Waals surface area (Å²) >= 11 is 5.98. The van der Waals surface area contributed by atoms with E-state index in [1.54, 1.807) is 12.1 Å². The molecular formula is C15H19ClFN3O. The van der Waals surface area contributed by atoms with Gasteiger partial charge in [-0.25, -0.2) is 4.39 Å². The molecule has 6 heteroatoms. The Hall–Kier alpha value is -1.46.